The molecule has 2 rings (SSSR count). The standard InChI is InChI=1S/C16H15ClN2O4S/c1-3-8-18(10-12-5-7-15(17)24-12)16(20)11-4-6-14(23-2)13(9-11)19(21)22/h3-7,9H,1,8,10H2,2H3. The van der Waals surface area contributed by atoms with Crippen LogP contribution in [0.4, 0.5) is 5.69 Å². The van der Waals surface area contributed by atoms with Gasteiger partial charge in [-0.25, -0.2) is 0 Å². The van der Waals surface area contributed by atoms with Gasteiger partial charge in [-0.05, 0) is 24.3 Å². The van der Waals surface area contributed by atoms with Crippen LogP contribution in [0.2, 0.25) is 4.34 Å². The molecule has 1 amide bonds. The van der Waals surface area contributed by atoms with Crippen molar-refractivity contribution in [3.63, 3.8) is 0 Å². The average Bonchev–Trinajstić information content (AvgIpc) is 2.98. The number of hydrogen-bond acceptors (Lipinski definition) is 5. The van der Waals surface area contributed by atoms with Crippen molar-refractivity contribution in [2.75, 3.05) is 13.7 Å². The van der Waals surface area contributed by atoms with E-state index in [2.05, 4.69) is 6.58 Å². The molecular formula is C16H15ClN2O4S. The molecule has 6 nitrogen and oxygen atoms in total. The summed E-state index contributed by atoms with van der Waals surface area (Å²) in [6, 6.07) is 7.74. The van der Waals surface area contributed by atoms with E-state index >= 15 is 0 Å². The number of thiophene rings is 1. The van der Waals surface area contributed by atoms with E-state index in [-0.39, 0.29) is 22.9 Å². The molecule has 1 aromatic heterocycles. The predicted octanol–water partition coefficient (Wildman–Crippen LogP) is 4.15. The van der Waals surface area contributed by atoms with Gasteiger partial charge in [0.15, 0.2) is 5.75 Å². The van der Waals surface area contributed by atoms with Crippen LogP contribution >= 0.6 is 22.9 Å². The van der Waals surface area contributed by atoms with Gasteiger partial charge in [0.25, 0.3) is 5.91 Å². The fraction of sp³-hybridized carbons (Fsp3) is 0.188. The van der Waals surface area contributed by atoms with Gasteiger partial charge in [-0.3, -0.25) is 14.9 Å². The van der Waals surface area contributed by atoms with Gasteiger partial charge in [0.05, 0.1) is 22.9 Å². The number of nitrogens with zero attached hydrogens (tertiary/aromatic N) is 2. The molecule has 1 heterocycles. The summed E-state index contributed by atoms with van der Waals surface area (Å²) in [5.41, 5.74) is -0.0342. The number of benzene rings is 1. The Balaban J connectivity index is 2.30. The SMILES string of the molecule is C=CCN(Cc1ccc(Cl)s1)C(=O)c1ccc(OC)c([N+](=O)[O-])c1. The fourth-order valence-electron chi connectivity index (χ4n) is 2.15. The van der Waals surface area contributed by atoms with Gasteiger partial charge in [0, 0.05) is 23.1 Å². The number of amides is 1. The minimum Gasteiger partial charge on any atom is -0.490 e. The van der Waals surface area contributed by atoms with E-state index in [9.17, 15) is 14.9 Å². The van der Waals surface area contributed by atoms with Gasteiger partial charge < -0.3 is 9.64 Å². The Bertz CT molecular complexity index is 775. The van der Waals surface area contributed by atoms with Crippen molar-refractivity contribution in [2.24, 2.45) is 0 Å². The zero-order chi connectivity index (χ0) is 17.7. The molecule has 1 aromatic carbocycles. The molecule has 24 heavy (non-hydrogen) atoms. The number of ether oxygens (including phenoxy) is 1. The Labute approximate surface area is 148 Å². The van der Waals surface area contributed by atoms with E-state index in [0.717, 1.165) is 4.88 Å². The number of nitro benzene ring substituents is 1. The topological polar surface area (TPSA) is 72.7 Å². The van der Waals surface area contributed by atoms with Crippen molar-refractivity contribution < 1.29 is 14.5 Å². The van der Waals surface area contributed by atoms with E-state index in [1.807, 2.05) is 6.07 Å². The fourth-order valence-corrected chi connectivity index (χ4v) is 3.25. The van der Waals surface area contributed by atoms with Gasteiger partial charge >= 0.3 is 5.69 Å². The molecule has 0 saturated heterocycles. The smallest absolute Gasteiger partial charge is 0.311 e. The van der Waals surface area contributed by atoms with Crippen LogP contribution in [-0.2, 0) is 6.54 Å². The molecule has 2 aromatic rings. The number of methoxy groups -OCH3 is 1. The number of halogens is 1. The molecule has 8 heteroatoms. The number of carbonyl (C=O) groups is 1. The second-order valence-electron chi connectivity index (χ2n) is 4.82. The Morgan fingerprint density at radius 1 is 1.46 bits per heavy atom. The Morgan fingerprint density at radius 3 is 2.75 bits per heavy atom. The first-order chi connectivity index (χ1) is 11.5. The average molecular weight is 367 g/mol. The Hall–Kier alpha value is -2.38. The molecule has 0 N–H and O–H groups in total. The Morgan fingerprint density at radius 2 is 2.21 bits per heavy atom. The first kappa shape index (κ1) is 18.0. The zero-order valence-electron chi connectivity index (χ0n) is 12.9. The maximum Gasteiger partial charge on any atom is 0.311 e. The first-order valence-corrected chi connectivity index (χ1v) is 8.12. The van der Waals surface area contributed by atoms with Gasteiger partial charge in [-0.15, -0.1) is 17.9 Å². The zero-order valence-corrected chi connectivity index (χ0v) is 14.5. The van der Waals surface area contributed by atoms with Gasteiger partial charge in [0.1, 0.15) is 0 Å². The highest BCUT2D eigenvalue weighted by molar-refractivity contribution is 7.16. The van der Waals surface area contributed by atoms with E-state index in [4.69, 9.17) is 16.3 Å². The van der Waals surface area contributed by atoms with Crippen LogP contribution in [-0.4, -0.2) is 29.4 Å². The molecule has 0 atom stereocenters. The second-order valence-corrected chi connectivity index (χ2v) is 6.62. The quantitative estimate of drug-likeness (QED) is 0.419. The summed E-state index contributed by atoms with van der Waals surface area (Å²) in [4.78, 5) is 25.7. The molecule has 0 spiro atoms. The molecule has 0 aliphatic carbocycles. The summed E-state index contributed by atoms with van der Waals surface area (Å²) in [6.45, 7) is 4.31. The van der Waals surface area contributed by atoms with Crippen LogP contribution in [0, 0.1) is 10.1 Å². The van der Waals surface area contributed by atoms with Crippen LogP contribution < -0.4 is 4.74 Å². The number of nitro groups is 1. The lowest BCUT2D eigenvalue weighted by molar-refractivity contribution is -0.385. The third-order valence-electron chi connectivity index (χ3n) is 3.23. The van der Waals surface area contributed by atoms with Gasteiger partial charge in [-0.1, -0.05) is 17.7 Å². The van der Waals surface area contributed by atoms with Crippen LogP contribution in [0.25, 0.3) is 0 Å². The summed E-state index contributed by atoms with van der Waals surface area (Å²) in [5.74, 6) is -0.220. The monoisotopic (exact) mass is 366 g/mol. The van der Waals surface area contributed by atoms with Gasteiger partial charge in [0.2, 0.25) is 0 Å². The maximum atomic E-state index is 12.7. The van der Waals surface area contributed by atoms with E-state index < -0.39 is 4.92 Å². The van der Waals surface area contributed by atoms with Crippen molar-refractivity contribution in [1.29, 1.82) is 0 Å². The van der Waals surface area contributed by atoms with Crippen molar-refractivity contribution in [3.8, 4) is 5.75 Å². The highest BCUT2D eigenvalue weighted by Gasteiger charge is 2.21. The lowest BCUT2D eigenvalue weighted by atomic mass is 10.1. The maximum absolute atomic E-state index is 12.7. The van der Waals surface area contributed by atoms with Crippen molar-refractivity contribution in [2.45, 2.75) is 6.54 Å². The van der Waals surface area contributed by atoms with Crippen LogP contribution in [0.1, 0.15) is 15.2 Å². The summed E-state index contributed by atoms with van der Waals surface area (Å²) in [5, 5.41) is 11.1. The predicted molar refractivity (Wildman–Crippen MR) is 93.9 cm³/mol. The Kier molecular flexibility index (Phi) is 5.94. The van der Waals surface area contributed by atoms with E-state index in [1.54, 1.807) is 17.0 Å². The van der Waals surface area contributed by atoms with E-state index in [0.29, 0.717) is 17.4 Å². The highest BCUT2D eigenvalue weighted by atomic mass is 35.5. The molecular weight excluding hydrogens is 352 g/mol. The molecule has 0 saturated carbocycles. The summed E-state index contributed by atoms with van der Waals surface area (Å²) >= 11 is 7.29. The molecule has 0 bridgehead atoms. The van der Waals surface area contributed by atoms with Crippen LogP contribution in [0.15, 0.2) is 43.0 Å². The third kappa shape index (κ3) is 4.12. The lowest BCUT2D eigenvalue weighted by Crippen LogP contribution is -2.30. The second kappa shape index (κ2) is 7.94. The number of rotatable bonds is 7. The van der Waals surface area contributed by atoms with Crippen molar-refractivity contribution >= 4 is 34.5 Å². The largest absolute Gasteiger partial charge is 0.490 e. The number of hydrogen-bond donors (Lipinski definition) is 0. The van der Waals surface area contributed by atoms with Gasteiger partial charge in [-0.2, -0.15) is 0 Å². The molecule has 126 valence electrons. The lowest BCUT2D eigenvalue weighted by Gasteiger charge is -2.20. The normalized spacial score (nSPS) is 10.2. The van der Waals surface area contributed by atoms with Crippen LogP contribution in [0.3, 0.4) is 0 Å². The minimum atomic E-state index is -0.577. The third-order valence-corrected chi connectivity index (χ3v) is 4.45. The first-order valence-electron chi connectivity index (χ1n) is 6.93. The minimum absolute atomic E-state index is 0.108. The summed E-state index contributed by atoms with van der Waals surface area (Å²) in [6.07, 6.45) is 1.60. The highest BCUT2D eigenvalue weighted by Crippen LogP contribution is 2.29. The van der Waals surface area contributed by atoms with Crippen molar-refractivity contribution in [1.82, 2.24) is 4.90 Å². The van der Waals surface area contributed by atoms with Crippen molar-refractivity contribution in [3.05, 3.63) is 67.9 Å². The summed E-state index contributed by atoms with van der Waals surface area (Å²) < 4.78 is 5.59. The molecule has 0 fully saturated rings. The van der Waals surface area contributed by atoms with E-state index in [1.165, 1.54) is 36.6 Å². The molecule has 0 unspecified atom stereocenters. The molecule has 0 aliphatic rings. The summed E-state index contributed by atoms with van der Waals surface area (Å²) in [7, 11) is 1.34. The number of carbonyl (C=O) groups excluding carboxylic acids is 1. The molecule has 0 radical (unpaired) electrons. The molecule has 0 aliphatic heterocycles. The van der Waals surface area contributed by atoms with Crippen LogP contribution in [0.5, 0.6) is 5.75 Å².